The highest BCUT2D eigenvalue weighted by atomic mass is 35.5. The van der Waals surface area contributed by atoms with E-state index in [0.717, 1.165) is 5.56 Å². The van der Waals surface area contributed by atoms with E-state index in [1.807, 2.05) is 25.1 Å². The van der Waals surface area contributed by atoms with Gasteiger partial charge in [-0.05, 0) is 24.6 Å². The Kier molecular flexibility index (Phi) is 3.61. The summed E-state index contributed by atoms with van der Waals surface area (Å²) in [5, 5.41) is 0.561. The van der Waals surface area contributed by atoms with Crippen molar-refractivity contribution in [2.24, 2.45) is 5.73 Å². The molecule has 3 nitrogen and oxygen atoms in total. The van der Waals surface area contributed by atoms with E-state index in [-0.39, 0.29) is 6.04 Å². The summed E-state index contributed by atoms with van der Waals surface area (Å²) in [7, 11) is 0. The summed E-state index contributed by atoms with van der Waals surface area (Å²) in [5.41, 5.74) is 6.71. The number of hydrogen-bond donors (Lipinski definition) is 1. The monoisotopic (exact) mass is 248 g/mol. The number of ether oxygens (including phenoxy) is 1. The van der Waals surface area contributed by atoms with E-state index in [9.17, 15) is 0 Å². The van der Waals surface area contributed by atoms with Gasteiger partial charge in [0, 0.05) is 18.3 Å². The lowest BCUT2D eigenvalue weighted by Gasteiger charge is -2.08. The summed E-state index contributed by atoms with van der Waals surface area (Å²) < 4.78 is 5.56. The van der Waals surface area contributed by atoms with Crippen LogP contribution in [0.1, 0.15) is 18.5 Å². The summed E-state index contributed by atoms with van der Waals surface area (Å²) in [6, 6.07) is 10.9. The molecule has 0 aliphatic carbocycles. The maximum Gasteiger partial charge on any atom is 0.219 e. The van der Waals surface area contributed by atoms with E-state index in [4.69, 9.17) is 22.1 Å². The van der Waals surface area contributed by atoms with Crippen molar-refractivity contribution in [3.8, 4) is 11.6 Å². The third-order valence-electron chi connectivity index (χ3n) is 2.34. The van der Waals surface area contributed by atoms with Gasteiger partial charge in [0.1, 0.15) is 5.75 Å². The summed E-state index contributed by atoms with van der Waals surface area (Å²) in [6.07, 6.45) is 1.71. The summed E-state index contributed by atoms with van der Waals surface area (Å²) in [4.78, 5) is 4.18. The van der Waals surface area contributed by atoms with Crippen molar-refractivity contribution in [2.75, 3.05) is 0 Å². The molecule has 0 unspecified atom stereocenters. The van der Waals surface area contributed by atoms with Crippen LogP contribution < -0.4 is 10.5 Å². The number of nitrogens with zero attached hydrogens (tertiary/aromatic N) is 1. The molecule has 4 heteroatoms. The Labute approximate surface area is 105 Å². The van der Waals surface area contributed by atoms with Crippen LogP contribution in [-0.4, -0.2) is 4.98 Å². The first-order valence-electron chi connectivity index (χ1n) is 5.31. The topological polar surface area (TPSA) is 48.1 Å². The molecule has 88 valence electrons. The maximum atomic E-state index is 5.98. The molecule has 0 saturated heterocycles. The second kappa shape index (κ2) is 5.17. The van der Waals surface area contributed by atoms with E-state index < -0.39 is 0 Å². The Morgan fingerprint density at radius 3 is 2.59 bits per heavy atom. The number of hydrogen-bond acceptors (Lipinski definition) is 3. The van der Waals surface area contributed by atoms with Gasteiger partial charge in [-0.25, -0.2) is 4.98 Å². The van der Waals surface area contributed by atoms with Crippen molar-refractivity contribution in [2.45, 2.75) is 13.0 Å². The van der Waals surface area contributed by atoms with E-state index in [2.05, 4.69) is 4.98 Å². The smallest absolute Gasteiger partial charge is 0.219 e. The molecule has 0 bridgehead atoms. The van der Waals surface area contributed by atoms with E-state index >= 15 is 0 Å². The van der Waals surface area contributed by atoms with Crippen LogP contribution in [0.5, 0.6) is 11.6 Å². The molecule has 0 amide bonds. The maximum absolute atomic E-state index is 5.98. The Bertz CT molecular complexity index is 497. The van der Waals surface area contributed by atoms with Crippen molar-refractivity contribution in [3.05, 3.63) is 53.2 Å². The highest BCUT2D eigenvalue weighted by Crippen LogP contribution is 2.27. The highest BCUT2D eigenvalue weighted by Gasteiger charge is 2.04. The van der Waals surface area contributed by atoms with Crippen LogP contribution in [0.3, 0.4) is 0 Å². The molecular weight excluding hydrogens is 236 g/mol. The summed E-state index contributed by atoms with van der Waals surface area (Å²) in [6.45, 7) is 1.91. The van der Waals surface area contributed by atoms with Crippen LogP contribution in [0.4, 0.5) is 0 Å². The molecular formula is C13H13ClN2O. The Hall–Kier alpha value is -1.58. The standard InChI is InChI=1S/C13H13ClN2O/c1-9(15)10-6-7-13(16-8-10)17-12-5-3-2-4-11(12)14/h2-9H,15H2,1H3/t9-/m0/s1. The second-order valence-electron chi connectivity index (χ2n) is 3.75. The highest BCUT2D eigenvalue weighted by molar-refractivity contribution is 6.32. The summed E-state index contributed by atoms with van der Waals surface area (Å²) >= 11 is 5.98. The SMILES string of the molecule is C[C@H](N)c1ccc(Oc2ccccc2Cl)nc1. The van der Waals surface area contributed by atoms with E-state index in [1.54, 1.807) is 24.4 Å². The molecule has 1 atom stereocenters. The van der Waals surface area contributed by atoms with Crippen LogP contribution in [0, 0.1) is 0 Å². The van der Waals surface area contributed by atoms with Crippen molar-refractivity contribution in [1.82, 2.24) is 4.98 Å². The minimum Gasteiger partial charge on any atom is -0.437 e. The van der Waals surface area contributed by atoms with Gasteiger partial charge in [-0.2, -0.15) is 0 Å². The van der Waals surface area contributed by atoms with Crippen molar-refractivity contribution >= 4 is 11.6 Å². The van der Waals surface area contributed by atoms with Crippen molar-refractivity contribution in [1.29, 1.82) is 0 Å². The molecule has 0 radical (unpaired) electrons. The van der Waals surface area contributed by atoms with Gasteiger partial charge in [-0.15, -0.1) is 0 Å². The van der Waals surface area contributed by atoms with Crippen LogP contribution >= 0.6 is 11.6 Å². The minimum absolute atomic E-state index is 0.0307. The predicted octanol–water partition coefficient (Wildman–Crippen LogP) is 3.55. The van der Waals surface area contributed by atoms with Gasteiger partial charge in [0.05, 0.1) is 5.02 Å². The minimum atomic E-state index is -0.0307. The number of pyridine rings is 1. The number of benzene rings is 1. The van der Waals surface area contributed by atoms with Gasteiger partial charge < -0.3 is 10.5 Å². The average Bonchev–Trinajstić information content (AvgIpc) is 2.33. The van der Waals surface area contributed by atoms with Gasteiger partial charge in [0.2, 0.25) is 5.88 Å². The fraction of sp³-hybridized carbons (Fsp3) is 0.154. The first kappa shape index (κ1) is 11.9. The zero-order valence-corrected chi connectivity index (χ0v) is 10.2. The van der Waals surface area contributed by atoms with Gasteiger partial charge in [-0.1, -0.05) is 29.8 Å². The first-order chi connectivity index (χ1) is 8.16. The molecule has 1 aromatic carbocycles. The molecule has 0 fully saturated rings. The third-order valence-corrected chi connectivity index (χ3v) is 2.65. The molecule has 0 aliphatic heterocycles. The van der Waals surface area contributed by atoms with Crippen LogP contribution in [0.2, 0.25) is 5.02 Å². The van der Waals surface area contributed by atoms with Gasteiger partial charge in [-0.3, -0.25) is 0 Å². The molecule has 2 rings (SSSR count). The van der Waals surface area contributed by atoms with Gasteiger partial charge >= 0.3 is 0 Å². The molecule has 2 aromatic rings. The number of halogens is 1. The van der Waals surface area contributed by atoms with Gasteiger partial charge in [0.25, 0.3) is 0 Å². The molecule has 0 aliphatic rings. The quantitative estimate of drug-likeness (QED) is 0.904. The molecule has 0 spiro atoms. The summed E-state index contributed by atoms with van der Waals surface area (Å²) in [5.74, 6) is 1.10. The van der Waals surface area contributed by atoms with Crippen LogP contribution in [0.25, 0.3) is 0 Å². The second-order valence-corrected chi connectivity index (χ2v) is 4.16. The van der Waals surface area contributed by atoms with Crippen LogP contribution in [0.15, 0.2) is 42.6 Å². The lowest BCUT2D eigenvalue weighted by Crippen LogP contribution is -2.05. The fourth-order valence-corrected chi connectivity index (χ4v) is 1.54. The Balaban J connectivity index is 2.17. The first-order valence-corrected chi connectivity index (χ1v) is 5.68. The molecule has 1 aromatic heterocycles. The van der Waals surface area contributed by atoms with E-state index in [0.29, 0.717) is 16.7 Å². The van der Waals surface area contributed by atoms with Crippen LogP contribution in [-0.2, 0) is 0 Å². The average molecular weight is 249 g/mol. The Morgan fingerprint density at radius 2 is 2.00 bits per heavy atom. The Morgan fingerprint density at radius 1 is 1.24 bits per heavy atom. The largest absolute Gasteiger partial charge is 0.437 e. The predicted molar refractivity (Wildman–Crippen MR) is 68.4 cm³/mol. The molecule has 2 N–H and O–H groups in total. The number of nitrogens with two attached hydrogens (primary N) is 1. The zero-order valence-electron chi connectivity index (χ0n) is 9.43. The molecule has 1 heterocycles. The third kappa shape index (κ3) is 2.96. The number of para-hydroxylation sites is 1. The lowest BCUT2D eigenvalue weighted by molar-refractivity contribution is 0.462. The molecule has 17 heavy (non-hydrogen) atoms. The normalized spacial score (nSPS) is 12.2. The van der Waals surface area contributed by atoms with Crippen molar-refractivity contribution in [3.63, 3.8) is 0 Å². The van der Waals surface area contributed by atoms with Gasteiger partial charge in [0.15, 0.2) is 0 Å². The van der Waals surface area contributed by atoms with E-state index in [1.165, 1.54) is 0 Å². The number of aromatic nitrogens is 1. The van der Waals surface area contributed by atoms with Crippen molar-refractivity contribution < 1.29 is 4.74 Å². The zero-order chi connectivity index (χ0) is 12.3. The lowest BCUT2D eigenvalue weighted by atomic mass is 10.2. The fourth-order valence-electron chi connectivity index (χ4n) is 1.36. The number of rotatable bonds is 3. The molecule has 0 saturated carbocycles.